The number of anilines is 2. The second kappa shape index (κ2) is 6.74. The van der Waals surface area contributed by atoms with E-state index in [4.69, 9.17) is 4.74 Å². The van der Waals surface area contributed by atoms with E-state index in [2.05, 4.69) is 15.5 Å². The highest BCUT2D eigenvalue weighted by molar-refractivity contribution is 6.04. The summed E-state index contributed by atoms with van der Waals surface area (Å²) in [5.74, 6) is 0.546. The summed E-state index contributed by atoms with van der Waals surface area (Å²) >= 11 is 0. The maximum absolute atomic E-state index is 12.4. The molecule has 1 aliphatic heterocycles. The third kappa shape index (κ3) is 3.10. The molecule has 2 amide bonds. The smallest absolute Gasteiger partial charge is 0.230 e. The van der Waals surface area contributed by atoms with Crippen LogP contribution in [0.25, 0.3) is 0 Å². The highest BCUT2D eigenvalue weighted by Gasteiger charge is 2.36. The number of H-pyrrole nitrogens is 1. The van der Waals surface area contributed by atoms with E-state index in [-0.39, 0.29) is 18.2 Å². The second-order valence-electron chi connectivity index (χ2n) is 5.72. The third-order valence-corrected chi connectivity index (χ3v) is 4.03. The molecule has 1 unspecified atom stereocenters. The van der Waals surface area contributed by atoms with Gasteiger partial charge in [0.05, 0.1) is 24.4 Å². The molecule has 1 fully saturated rings. The van der Waals surface area contributed by atoms with Gasteiger partial charge in [-0.3, -0.25) is 14.7 Å². The van der Waals surface area contributed by atoms with Gasteiger partial charge in [0.25, 0.3) is 0 Å². The molecule has 0 aliphatic carbocycles. The first kappa shape index (κ1) is 16.0. The molecular weight excluding hydrogens is 308 g/mol. The molecule has 1 saturated heterocycles. The molecule has 2 N–H and O–H groups in total. The topological polar surface area (TPSA) is 87.3 Å². The number of aromatic amines is 1. The molecule has 7 nitrogen and oxygen atoms in total. The minimum Gasteiger partial charge on any atom is -0.492 e. The molecule has 126 valence electrons. The molecule has 2 aromatic rings. The van der Waals surface area contributed by atoms with Crippen LogP contribution >= 0.6 is 0 Å². The van der Waals surface area contributed by atoms with Crippen LogP contribution in [-0.2, 0) is 9.59 Å². The number of hydrogen-bond acceptors (Lipinski definition) is 4. The summed E-state index contributed by atoms with van der Waals surface area (Å²) in [6, 6.07) is 7.38. The zero-order valence-electron chi connectivity index (χ0n) is 13.7. The summed E-state index contributed by atoms with van der Waals surface area (Å²) in [6.07, 6.45) is 1.82. The van der Waals surface area contributed by atoms with Gasteiger partial charge in [0.1, 0.15) is 11.6 Å². The lowest BCUT2D eigenvalue weighted by Gasteiger charge is -2.20. The maximum Gasteiger partial charge on any atom is 0.230 e. The number of carbonyl (C=O) groups excluding carboxylic acids is 2. The summed E-state index contributed by atoms with van der Waals surface area (Å²) < 4.78 is 5.59. The number of nitrogens with zero attached hydrogens (tertiary/aromatic N) is 2. The molecule has 3 rings (SSSR count). The summed E-state index contributed by atoms with van der Waals surface area (Å²) in [6.45, 7) is 4.60. The van der Waals surface area contributed by atoms with E-state index in [1.165, 1.54) is 0 Å². The van der Waals surface area contributed by atoms with Crippen LogP contribution in [0.1, 0.15) is 18.9 Å². The zero-order valence-corrected chi connectivity index (χ0v) is 13.7. The molecule has 0 bridgehead atoms. The van der Waals surface area contributed by atoms with Gasteiger partial charge in [0.2, 0.25) is 11.8 Å². The van der Waals surface area contributed by atoms with Crippen LogP contribution in [0.15, 0.2) is 30.5 Å². The number of hydrogen-bond donors (Lipinski definition) is 2. The number of amides is 2. The lowest BCUT2D eigenvalue weighted by Crippen LogP contribution is -2.28. The van der Waals surface area contributed by atoms with Crippen LogP contribution in [0.2, 0.25) is 0 Å². The highest BCUT2D eigenvalue weighted by atomic mass is 16.5. The average Bonchev–Trinajstić information content (AvgIpc) is 3.15. The molecule has 1 aromatic carbocycles. The van der Waals surface area contributed by atoms with Crippen molar-refractivity contribution in [3.8, 4) is 5.75 Å². The first-order chi connectivity index (χ1) is 11.6. The van der Waals surface area contributed by atoms with Gasteiger partial charge in [-0.05, 0) is 26.0 Å². The number of nitrogens with one attached hydrogen (secondary N) is 2. The number of para-hydroxylation sites is 2. The molecule has 1 atom stereocenters. The lowest BCUT2D eigenvalue weighted by atomic mass is 10.1. The largest absolute Gasteiger partial charge is 0.492 e. The number of aryl methyl sites for hydroxylation is 1. The van der Waals surface area contributed by atoms with Crippen LogP contribution < -0.4 is 15.0 Å². The molecule has 1 aliphatic rings. The van der Waals surface area contributed by atoms with Gasteiger partial charge in [-0.25, -0.2) is 0 Å². The van der Waals surface area contributed by atoms with Gasteiger partial charge in [-0.2, -0.15) is 5.10 Å². The van der Waals surface area contributed by atoms with Crippen molar-refractivity contribution in [1.82, 2.24) is 10.2 Å². The average molecular weight is 328 g/mol. The molecular formula is C17H20N4O3. The third-order valence-electron chi connectivity index (χ3n) is 4.03. The van der Waals surface area contributed by atoms with E-state index in [0.29, 0.717) is 30.4 Å². The Morgan fingerprint density at radius 1 is 1.46 bits per heavy atom. The first-order valence-corrected chi connectivity index (χ1v) is 7.93. The fourth-order valence-electron chi connectivity index (χ4n) is 2.77. The molecule has 7 heteroatoms. The highest BCUT2D eigenvalue weighted by Crippen LogP contribution is 2.33. The Morgan fingerprint density at radius 2 is 2.25 bits per heavy atom. The van der Waals surface area contributed by atoms with E-state index >= 15 is 0 Å². The van der Waals surface area contributed by atoms with Crippen LogP contribution in [0.3, 0.4) is 0 Å². The Balaban J connectivity index is 1.74. The summed E-state index contributed by atoms with van der Waals surface area (Å²) in [4.78, 5) is 26.4. The molecule has 0 spiro atoms. The zero-order chi connectivity index (χ0) is 17.1. The van der Waals surface area contributed by atoms with Gasteiger partial charge < -0.3 is 15.0 Å². The van der Waals surface area contributed by atoms with Gasteiger partial charge in [0.15, 0.2) is 0 Å². The van der Waals surface area contributed by atoms with E-state index < -0.39 is 5.92 Å². The number of ether oxygens (including phenoxy) is 1. The fourth-order valence-corrected chi connectivity index (χ4v) is 2.77. The first-order valence-electron chi connectivity index (χ1n) is 7.93. The molecule has 1 aromatic heterocycles. The van der Waals surface area contributed by atoms with E-state index in [1.807, 2.05) is 38.1 Å². The van der Waals surface area contributed by atoms with E-state index in [9.17, 15) is 9.59 Å². The van der Waals surface area contributed by atoms with Crippen molar-refractivity contribution >= 4 is 23.3 Å². The number of rotatable bonds is 5. The van der Waals surface area contributed by atoms with Crippen LogP contribution in [0.5, 0.6) is 5.75 Å². The predicted octanol–water partition coefficient (Wildman–Crippen LogP) is 2.11. The fraction of sp³-hybridized carbons (Fsp3) is 0.353. The monoisotopic (exact) mass is 328 g/mol. The molecule has 24 heavy (non-hydrogen) atoms. The van der Waals surface area contributed by atoms with E-state index in [0.717, 1.165) is 5.56 Å². The van der Waals surface area contributed by atoms with Gasteiger partial charge in [-0.15, -0.1) is 0 Å². The van der Waals surface area contributed by atoms with Crippen molar-refractivity contribution < 1.29 is 14.3 Å². The SMILES string of the molecule is CCOc1ccccc1N1CC(C(=O)Nc2[nH]ncc2C)CC1=O. The minimum atomic E-state index is -0.408. The normalized spacial score (nSPS) is 17.2. The Morgan fingerprint density at radius 3 is 2.96 bits per heavy atom. The minimum absolute atomic E-state index is 0.0800. The van der Waals surface area contributed by atoms with Gasteiger partial charge in [-0.1, -0.05) is 12.1 Å². The van der Waals surface area contributed by atoms with Crippen molar-refractivity contribution in [2.24, 2.45) is 5.92 Å². The second-order valence-corrected chi connectivity index (χ2v) is 5.72. The Hall–Kier alpha value is -2.83. The van der Waals surface area contributed by atoms with Crippen molar-refractivity contribution in [3.63, 3.8) is 0 Å². The number of benzene rings is 1. The summed E-state index contributed by atoms with van der Waals surface area (Å²) in [5.41, 5.74) is 1.56. The summed E-state index contributed by atoms with van der Waals surface area (Å²) in [5, 5.41) is 9.41. The van der Waals surface area contributed by atoms with Crippen molar-refractivity contribution in [2.45, 2.75) is 20.3 Å². The Bertz CT molecular complexity index is 756. The molecule has 0 saturated carbocycles. The predicted molar refractivity (Wildman–Crippen MR) is 90.0 cm³/mol. The summed E-state index contributed by atoms with van der Waals surface area (Å²) in [7, 11) is 0. The lowest BCUT2D eigenvalue weighted by molar-refractivity contribution is -0.122. The van der Waals surface area contributed by atoms with Crippen molar-refractivity contribution in [3.05, 3.63) is 36.0 Å². The number of carbonyl (C=O) groups is 2. The van der Waals surface area contributed by atoms with Crippen molar-refractivity contribution in [2.75, 3.05) is 23.4 Å². The van der Waals surface area contributed by atoms with Crippen LogP contribution in [0.4, 0.5) is 11.5 Å². The standard InChI is InChI=1S/C17H20N4O3/c1-3-24-14-7-5-4-6-13(14)21-10-12(8-15(21)22)17(23)19-16-11(2)9-18-20-16/h4-7,9,12H,3,8,10H2,1-2H3,(H2,18,19,20,23). The Labute approximate surface area is 140 Å². The molecule has 2 heterocycles. The number of aromatic nitrogens is 2. The molecule has 0 radical (unpaired) electrons. The van der Waals surface area contributed by atoms with Gasteiger partial charge >= 0.3 is 0 Å². The quantitative estimate of drug-likeness (QED) is 0.880. The van der Waals surface area contributed by atoms with E-state index in [1.54, 1.807) is 11.1 Å². The Kier molecular flexibility index (Phi) is 4.50. The van der Waals surface area contributed by atoms with Crippen molar-refractivity contribution in [1.29, 1.82) is 0 Å². The maximum atomic E-state index is 12.4. The van der Waals surface area contributed by atoms with Crippen LogP contribution in [0, 0.1) is 12.8 Å². The van der Waals surface area contributed by atoms with Crippen LogP contribution in [-0.4, -0.2) is 35.2 Å². The van der Waals surface area contributed by atoms with Gasteiger partial charge in [0, 0.05) is 18.5 Å².